The fourth-order valence-corrected chi connectivity index (χ4v) is 2.50. The van der Waals surface area contributed by atoms with Crippen LogP contribution in [0.2, 0.25) is 0 Å². The molecule has 1 aliphatic rings. The number of anilines is 1. The Balaban J connectivity index is 1.81. The van der Waals surface area contributed by atoms with Gasteiger partial charge >= 0.3 is 6.09 Å². The van der Waals surface area contributed by atoms with Gasteiger partial charge in [-0.15, -0.1) is 0 Å². The molecule has 1 atom stereocenters. The average molecular weight is 257 g/mol. The van der Waals surface area contributed by atoms with Gasteiger partial charge in [0.1, 0.15) is 0 Å². The highest BCUT2D eigenvalue weighted by molar-refractivity contribution is 5.92. The number of aromatic nitrogens is 1. The smallest absolute Gasteiger partial charge is 0.407 e. The second-order valence-corrected chi connectivity index (χ2v) is 4.77. The zero-order valence-corrected chi connectivity index (χ0v) is 10.4. The summed E-state index contributed by atoms with van der Waals surface area (Å²) in [4.78, 5) is 16.6. The van der Waals surface area contributed by atoms with Gasteiger partial charge in [0, 0.05) is 36.1 Å². The van der Waals surface area contributed by atoms with E-state index in [0.717, 1.165) is 22.9 Å². The molecule has 1 aromatic heterocycles. The van der Waals surface area contributed by atoms with Gasteiger partial charge in [-0.25, -0.2) is 4.79 Å². The lowest BCUT2D eigenvalue weighted by atomic mass is 10.1. The molecule has 0 radical (unpaired) electrons. The number of hydrogen-bond acceptors (Lipinski definition) is 3. The molecule has 98 valence electrons. The van der Waals surface area contributed by atoms with Gasteiger partial charge in [-0.05, 0) is 6.42 Å². The number of nitrogens with one attached hydrogen (secondary N) is 1. The zero-order valence-electron chi connectivity index (χ0n) is 10.4. The molecule has 1 fully saturated rings. The summed E-state index contributed by atoms with van der Waals surface area (Å²) in [7, 11) is 0. The van der Waals surface area contributed by atoms with Gasteiger partial charge in [0.15, 0.2) is 0 Å². The number of pyridine rings is 1. The minimum atomic E-state index is -0.847. The molecule has 0 spiro atoms. The second-order valence-electron chi connectivity index (χ2n) is 4.77. The average Bonchev–Trinajstić information content (AvgIpc) is 2.88. The Morgan fingerprint density at radius 2 is 2.21 bits per heavy atom. The summed E-state index contributed by atoms with van der Waals surface area (Å²) in [6, 6.07) is 8.19. The molecular formula is C14H15N3O2. The normalized spacial score (nSPS) is 18.7. The fourth-order valence-electron chi connectivity index (χ4n) is 2.50. The molecule has 2 N–H and O–H groups in total. The molecule has 5 nitrogen and oxygen atoms in total. The van der Waals surface area contributed by atoms with E-state index in [-0.39, 0.29) is 6.04 Å². The maximum Gasteiger partial charge on any atom is 0.407 e. The predicted octanol–water partition coefficient (Wildman–Crippen LogP) is 2.40. The monoisotopic (exact) mass is 257 g/mol. The van der Waals surface area contributed by atoms with Crippen molar-refractivity contribution in [2.24, 2.45) is 0 Å². The zero-order chi connectivity index (χ0) is 13.2. The number of benzene rings is 1. The van der Waals surface area contributed by atoms with E-state index >= 15 is 0 Å². The standard InChI is InChI=1S/C14H15N3O2/c18-14(19)17-6-5-11(9-17)16-13-8-15-7-10-3-1-2-4-12(10)13/h1-4,7-8,11,16H,5-6,9H2,(H,18,19)/t11-/m0/s1. The lowest BCUT2D eigenvalue weighted by molar-refractivity contribution is 0.155. The SMILES string of the molecule is O=C(O)N1CC[C@H](Nc2cncc3ccccc23)C1. The topological polar surface area (TPSA) is 65.5 Å². The number of likely N-dealkylation sites (tertiary alicyclic amines) is 1. The third-order valence-electron chi connectivity index (χ3n) is 3.49. The Morgan fingerprint density at radius 1 is 1.37 bits per heavy atom. The van der Waals surface area contributed by atoms with Crippen molar-refractivity contribution in [3.63, 3.8) is 0 Å². The van der Waals surface area contributed by atoms with Crippen molar-refractivity contribution >= 4 is 22.6 Å². The summed E-state index contributed by atoms with van der Waals surface area (Å²) in [5.74, 6) is 0. The van der Waals surface area contributed by atoms with Gasteiger partial charge in [0.25, 0.3) is 0 Å². The quantitative estimate of drug-likeness (QED) is 0.867. The minimum absolute atomic E-state index is 0.156. The van der Waals surface area contributed by atoms with Crippen molar-refractivity contribution in [3.05, 3.63) is 36.7 Å². The summed E-state index contributed by atoms with van der Waals surface area (Å²) in [5.41, 5.74) is 0.968. The van der Waals surface area contributed by atoms with E-state index in [1.165, 1.54) is 4.90 Å². The Bertz CT molecular complexity index is 609. The fraction of sp³-hybridized carbons (Fsp3) is 0.286. The Morgan fingerprint density at radius 3 is 3.00 bits per heavy atom. The van der Waals surface area contributed by atoms with Gasteiger partial charge in [-0.3, -0.25) is 4.98 Å². The van der Waals surface area contributed by atoms with Crippen LogP contribution in [0.4, 0.5) is 10.5 Å². The molecule has 2 heterocycles. The molecule has 0 unspecified atom stereocenters. The van der Waals surface area contributed by atoms with Crippen LogP contribution in [0.15, 0.2) is 36.7 Å². The maximum atomic E-state index is 10.9. The van der Waals surface area contributed by atoms with E-state index in [1.54, 1.807) is 6.20 Å². The molecule has 0 bridgehead atoms. The molecule has 0 saturated carbocycles. The van der Waals surface area contributed by atoms with Gasteiger partial charge < -0.3 is 15.3 Å². The maximum absolute atomic E-state index is 10.9. The number of rotatable bonds is 2. The number of hydrogen-bond donors (Lipinski definition) is 2. The lowest BCUT2D eigenvalue weighted by Crippen LogP contribution is -2.30. The van der Waals surface area contributed by atoms with Gasteiger partial charge in [-0.2, -0.15) is 0 Å². The molecule has 19 heavy (non-hydrogen) atoms. The van der Waals surface area contributed by atoms with E-state index in [9.17, 15) is 4.79 Å². The Labute approximate surface area is 110 Å². The van der Waals surface area contributed by atoms with E-state index in [0.29, 0.717) is 13.1 Å². The van der Waals surface area contributed by atoms with E-state index in [4.69, 9.17) is 5.11 Å². The third-order valence-corrected chi connectivity index (χ3v) is 3.49. The number of fused-ring (bicyclic) bond motifs is 1. The van der Waals surface area contributed by atoms with Crippen LogP contribution in [0.3, 0.4) is 0 Å². The summed E-state index contributed by atoms with van der Waals surface area (Å²) in [5, 5.41) is 14.6. The van der Waals surface area contributed by atoms with Crippen LogP contribution in [-0.4, -0.2) is 40.2 Å². The molecule has 1 aliphatic heterocycles. The van der Waals surface area contributed by atoms with Crippen LogP contribution in [0.25, 0.3) is 10.8 Å². The predicted molar refractivity (Wildman–Crippen MR) is 73.4 cm³/mol. The van der Waals surface area contributed by atoms with Crippen LogP contribution in [0.5, 0.6) is 0 Å². The van der Waals surface area contributed by atoms with Gasteiger partial charge in [0.05, 0.1) is 11.9 Å². The molecule has 3 rings (SSSR count). The summed E-state index contributed by atoms with van der Waals surface area (Å²) in [6.07, 6.45) is 3.61. The first-order valence-corrected chi connectivity index (χ1v) is 6.31. The molecule has 1 aromatic carbocycles. The molecular weight excluding hydrogens is 242 g/mol. The first-order chi connectivity index (χ1) is 9.24. The first-order valence-electron chi connectivity index (χ1n) is 6.31. The molecule has 2 aromatic rings. The number of amides is 1. The lowest BCUT2D eigenvalue weighted by Gasteiger charge is -2.16. The van der Waals surface area contributed by atoms with Crippen molar-refractivity contribution in [3.8, 4) is 0 Å². The van der Waals surface area contributed by atoms with Crippen LogP contribution >= 0.6 is 0 Å². The molecule has 1 saturated heterocycles. The van der Waals surface area contributed by atoms with E-state index in [2.05, 4.69) is 10.3 Å². The molecule has 5 heteroatoms. The van der Waals surface area contributed by atoms with Crippen LogP contribution in [-0.2, 0) is 0 Å². The minimum Gasteiger partial charge on any atom is -0.465 e. The van der Waals surface area contributed by atoms with Crippen molar-refractivity contribution in [1.82, 2.24) is 9.88 Å². The first kappa shape index (κ1) is 11.8. The molecule has 0 aliphatic carbocycles. The number of carbonyl (C=O) groups is 1. The molecule has 1 amide bonds. The summed E-state index contributed by atoms with van der Waals surface area (Å²) >= 11 is 0. The summed E-state index contributed by atoms with van der Waals surface area (Å²) in [6.45, 7) is 1.11. The van der Waals surface area contributed by atoms with Gasteiger partial charge in [-0.1, -0.05) is 24.3 Å². The van der Waals surface area contributed by atoms with Crippen LogP contribution < -0.4 is 5.32 Å². The Kier molecular flexibility index (Phi) is 2.95. The highest BCUT2D eigenvalue weighted by Crippen LogP contribution is 2.24. The highest BCUT2D eigenvalue weighted by Gasteiger charge is 2.25. The van der Waals surface area contributed by atoms with Crippen molar-refractivity contribution in [2.75, 3.05) is 18.4 Å². The van der Waals surface area contributed by atoms with E-state index in [1.807, 2.05) is 30.5 Å². The van der Waals surface area contributed by atoms with Crippen LogP contribution in [0, 0.1) is 0 Å². The van der Waals surface area contributed by atoms with Crippen molar-refractivity contribution < 1.29 is 9.90 Å². The highest BCUT2D eigenvalue weighted by atomic mass is 16.4. The Hall–Kier alpha value is -2.30. The van der Waals surface area contributed by atoms with Gasteiger partial charge in [0.2, 0.25) is 0 Å². The number of nitrogens with zero attached hydrogens (tertiary/aromatic N) is 2. The van der Waals surface area contributed by atoms with Crippen molar-refractivity contribution in [1.29, 1.82) is 0 Å². The number of carboxylic acid groups (broad SMARTS) is 1. The summed E-state index contributed by atoms with van der Waals surface area (Å²) < 4.78 is 0. The van der Waals surface area contributed by atoms with Crippen LogP contribution in [0.1, 0.15) is 6.42 Å². The largest absolute Gasteiger partial charge is 0.465 e. The third kappa shape index (κ3) is 2.31. The van der Waals surface area contributed by atoms with E-state index < -0.39 is 6.09 Å². The second kappa shape index (κ2) is 4.76. The van der Waals surface area contributed by atoms with Crippen molar-refractivity contribution in [2.45, 2.75) is 12.5 Å².